The normalized spacial score (nSPS) is 11.6. The van der Waals surface area contributed by atoms with Gasteiger partial charge in [0, 0.05) is 27.5 Å². The average Bonchev–Trinajstić information content (AvgIpc) is 3.65. The van der Waals surface area contributed by atoms with Gasteiger partial charge in [0.15, 0.2) is 17.5 Å². The summed E-state index contributed by atoms with van der Waals surface area (Å²) >= 11 is 0. The minimum atomic E-state index is 0.581. The van der Waals surface area contributed by atoms with Crippen molar-refractivity contribution in [1.29, 1.82) is 0 Å². The van der Waals surface area contributed by atoms with Crippen LogP contribution in [0.15, 0.2) is 192 Å². The van der Waals surface area contributed by atoms with Crippen LogP contribution < -0.4 is 0 Å². The van der Waals surface area contributed by atoms with E-state index in [9.17, 15) is 0 Å². The topological polar surface area (TPSA) is 51.8 Å². The van der Waals surface area contributed by atoms with Gasteiger partial charge >= 0.3 is 0 Å². The summed E-state index contributed by atoms with van der Waals surface area (Å²) in [5.41, 5.74) is 8.80. The molecule has 4 heteroatoms. The van der Waals surface area contributed by atoms with Gasteiger partial charge in [0.2, 0.25) is 0 Å². The van der Waals surface area contributed by atoms with E-state index in [1.54, 1.807) is 0 Å². The highest BCUT2D eigenvalue weighted by molar-refractivity contribution is 6.25. The molecule has 0 saturated heterocycles. The predicted octanol–water partition coefficient (Wildman–Crippen LogP) is 13.6. The van der Waals surface area contributed by atoms with E-state index in [-0.39, 0.29) is 0 Å². The van der Waals surface area contributed by atoms with Gasteiger partial charge in [-0.25, -0.2) is 15.0 Å². The maximum absolute atomic E-state index is 6.54. The third-order valence-corrected chi connectivity index (χ3v) is 10.7. The van der Waals surface area contributed by atoms with Gasteiger partial charge in [0.05, 0.1) is 0 Å². The second-order valence-corrected chi connectivity index (χ2v) is 13.9. The minimum absolute atomic E-state index is 0.581. The second kappa shape index (κ2) is 12.6. The third-order valence-electron chi connectivity index (χ3n) is 10.7. The lowest BCUT2D eigenvalue weighted by molar-refractivity contribution is 0.669. The highest BCUT2D eigenvalue weighted by Crippen LogP contribution is 2.40. The van der Waals surface area contributed by atoms with Crippen molar-refractivity contribution in [3.05, 3.63) is 188 Å². The molecule has 0 saturated carbocycles. The zero-order valence-corrected chi connectivity index (χ0v) is 29.6. The van der Waals surface area contributed by atoms with Gasteiger partial charge < -0.3 is 4.42 Å². The minimum Gasteiger partial charge on any atom is -0.456 e. The zero-order valence-electron chi connectivity index (χ0n) is 29.6. The molecule has 9 aromatic carbocycles. The molecule has 4 nitrogen and oxygen atoms in total. The molecule has 0 spiro atoms. The van der Waals surface area contributed by atoms with Crippen molar-refractivity contribution in [2.24, 2.45) is 0 Å². The molecule has 0 aliphatic heterocycles. The smallest absolute Gasteiger partial charge is 0.164 e. The lowest BCUT2D eigenvalue weighted by atomic mass is 9.93. The summed E-state index contributed by atoms with van der Waals surface area (Å²) < 4.78 is 6.54. The Morgan fingerprint density at radius 3 is 1.40 bits per heavy atom. The van der Waals surface area contributed by atoms with Crippen LogP contribution in [-0.2, 0) is 0 Å². The van der Waals surface area contributed by atoms with Gasteiger partial charge in [0.25, 0.3) is 0 Å². The molecule has 0 amide bonds. The average molecular weight is 702 g/mol. The van der Waals surface area contributed by atoms with E-state index in [2.05, 4.69) is 164 Å². The van der Waals surface area contributed by atoms with Crippen LogP contribution in [0.4, 0.5) is 0 Å². The standard InChI is InChI=1S/C51H31N3O/c1-3-14-32(15-4-1)36-18-7-12-23-43(36)51-53-49(34-26-28-42-40-21-9-8-19-38(40)39-20-10-11-22-41(39)45(42)30-34)52-50(54-51)35-27-29-44-47(31-35)55-46-25-13-24-37(48(44)46)33-16-5-2-6-17-33/h1-31H. The van der Waals surface area contributed by atoms with Gasteiger partial charge in [-0.3, -0.25) is 0 Å². The maximum Gasteiger partial charge on any atom is 0.164 e. The van der Waals surface area contributed by atoms with Crippen molar-refractivity contribution in [3.8, 4) is 56.4 Å². The summed E-state index contributed by atoms with van der Waals surface area (Å²) in [5.74, 6) is 1.80. The van der Waals surface area contributed by atoms with Crippen molar-refractivity contribution in [2.75, 3.05) is 0 Å². The van der Waals surface area contributed by atoms with E-state index >= 15 is 0 Å². The van der Waals surface area contributed by atoms with Crippen molar-refractivity contribution in [3.63, 3.8) is 0 Å². The highest BCUT2D eigenvalue weighted by Gasteiger charge is 2.19. The number of benzene rings is 9. The third kappa shape index (κ3) is 5.19. The number of aromatic nitrogens is 3. The van der Waals surface area contributed by atoms with Crippen LogP contribution in [0.2, 0.25) is 0 Å². The summed E-state index contributed by atoms with van der Waals surface area (Å²) in [6.45, 7) is 0. The van der Waals surface area contributed by atoms with Crippen LogP contribution in [0, 0.1) is 0 Å². The summed E-state index contributed by atoms with van der Waals surface area (Å²) in [5, 5.41) is 9.42. The van der Waals surface area contributed by atoms with E-state index in [0.717, 1.165) is 66.3 Å². The van der Waals surface area contributed by atoms with Gasteiger partial charge in [-0.15, -0.1) is 0 Å². The Labute approximate surface area is 317 Å². The monoisotopic (exact) mass is 701 g/mol. The lowest BCUT2D eigenvalue weighted by Gasteiger charge is -2.13. The number of rotatable bonds is 5. The first kappa shape index (κ1) is 31.1. The Balaban J connectivity index is 1.14. The van der Waals surface area contributed by atoms with E-state index in [4.69, 9.17) is 19.4 Å². The lowest BCUT2D eigenvalue weighted by Crippen LogP contribution is -2.01. The number of fused-ring (bicyclic) bond motifs is 9. The van der Waals surface area contributed by atoms with Gasteiger partial charge in [0.1, 0.15) is 11.2 Å². The van der Waals surface area contributed by atoms with Crippen LogP contribution in [0.25, 0.3) is 111 Å². The molecule has 0 N–H and O–H groups in total. The fraction of sp³-hybridized carbons (Fsp3) is 0. The van der Waals surface area contributed by atoms with Gasteiger partial charge in [-0.1, -0.05) is 164 Å². The molecule has 256 valence electrons. The molecule has 0 radical (unpaired) electrons. The largest absolute Gasteiger partial charge is 0.456 e. The van der Waals surface area contributed by atoms with E-state index in [0.29, 0.717) is 17.5 Å². The number of hydrogen-bond acceptors (Lipinski definition) is 4. The van der Waals surface area contributed by atoms with E-state index in [1.807, 2.05) is 24.3 Å². The molecular formula is C51H31N3O. The summed E-state index contributed by atoms with van der Waals surface area (Å²) in [7, 11) is 0. The van der Waals surface area contributed by atoms with Crippen molar-refractivity contribution in [2.45, 2.75) is 0 Å². The molecule has 0 aliphatic rings. The van der Waals surface area contributed by atoms with Crippen LogP contribution in [0.3, 0.4) is 0 Å². The summed E-state index contributed by atoms with van der Waals surface area (Å²) in [6.07, 6.45) is 0. The first-order chi connectivity index (χ1) is 27.3. The Bertz CT molecular complexity index is 3220. The first-order valence-corrected chi connectivity index (χ1v) is 18.5. The number of nitrogens with zero attached hydrogens (tertiary/aromatic N) is 3. The Kier molecular flexibility index (Phi) is 7.14. The van der Waals surface area contributed by atoms with Crippen LogP contribution in [0.5, 0.6) is 0 Å². The summed E-state index contributed by atoms with van der Waals surface area (Å²) in [6, 6.07) is 65.6. The van der Waals surface area contributed by atoms with Crippen molar-refractivity contribution >= 4 is 54.3 Å². The summed E-state index contributed by atoms with van der Waals surface area (Å²) in [4.78, 5) is 15.6. The molecule has 0 bridgehead atoms. The number of hydrogen-bond donors (Lipinski definition) is 0. The molecular weight excluding hydrogens is 671 g/mol. The Morgan fingerprint density at radius 1 is 0.273 bits per heavy atom. The second-order valence-electron chi connectivity index (χ2n) is 13.9. The first-order valence-electron chi connectivity index (χ1n) is 18.5. The van der Waals surface area contributed by atoms with Crippen LogP contribution in [0.1, 0.15) is 0 Å². The fourth-order valence-electron chi connectivity index (χ4n) is 8.17. The molecule has 2 heterocycles. The molecule has 11 rings (SSSR count). The molecule has 0 atom stereocenters. The molecule has 11 aromatic rings. The van der Waals surface area contributed by atoms with Gasteiger partial charge in [-0.2, -0.15) is 0 Å². The van der Waals surface area contributed by atoms with E-state index < -0.39 is 0 Å². The molecule has 0 unspecified atom stereocenters. The van der Waals surface area contributed by atoms with Crippen molar-refractivity contribution < 1.29 is 4.42 Å². The Morgan fingerprint density at radius 2 is 0.745 bits per heavy atom. The van der Waals surface area contributed by atoms with E-state index in [1.165, 1.54) is 26.9 Å². The van der Waals surface area contributed by atoms with Crippen LogP contribution >= 0.6 is 0 Å². The molecule has 0 aliphatic carbocycles. The maximum atomic E-state index is 6.54. The predicted molar refractivity (Wildman–Crippen MR) is 227 cm³/mol. The highest BCUT2D eigenvalue weighted by atomic mass is 16.3. The number of furan rings is 1. The van der Waals surface area contributed by atoms with Crippen molar-refractivity contribution in [1.82, 2.24) is 15.0 Å². The Hall–Kier alpha value is -7.43. The molecule has 0 fully saturated rings. The SMILES string of the molecule is c1ccc(-c2ccccc2-c2nc(-c3ccc4c(c3)oc3cccc(-c5ccccc5)c34)nc(-c3ccc4c5ccccc5c5ccccc5c4c3)n2)cc1. The fourth-order valence-corrected chi connectivity index (χ4v) is 8.17. The molecule has 55 heavy (non-hydrogen) atoms. The van der Waals surface area contributed by atoms with Gasteiger partial charge in [-0.05, 0) is 78.8 Å². The molecule has 2 aromatic heterocycles. The zero-order chi connectivity index (χ0) is 36.3. The quantitative estimate of drug-likeness (QED) is 0.168. The van der Waals surface area contributed by atoms with Crippen LogP contribution in [-0.4, -0.2) is 15.0 Å².